The number of pyridine rings is 2. The number of aromatic nitrogens is 2. The van der Waals surface area contributed by atoms with Gasteiger partial charge in [0, 0.05) is 42.4 Å². The zero-order valence-corrected chi connectivity index (χ0v) is 17.8. The number of carbonyl (C=O) groups excluding carboxylic acids is 1. The van der Waals surface area contributed by atoms with Crippen LogP contribution in [0.25, 0.3) is 22.3 Å². The fourth-order valence-corrected chi connectivity index (χ4v) is 5.12. The molecule has 1 aromatic carbocycles. The average molecular weight is 422 g/mol. The first kappa shape index (κ1) is 20.0. The number of ether oxygens (including phenoxy) is 2. The molecule has 0 amide bonds. The minimum atomic E-state index is -0.877. The molecule has 0 fully saturated rings. The number of benzene rings is 1. The molecule has 1 atom stereocenters. The van der Waals surface area contributed by atoms with E-state index in [2.05, 4.69) is 0 Å². The molecule has 7 heteroatoms. The fourth-order valence-electron chi connectivity index (χ4n) is 5.12. The topological polar surface area (TPSA) is 70.4 Å². The van der Waals surface area contributed by atoms with E-state index in [9.17, 15) is 14.0 Å². The molecular formula is C24H23FN2O4. The third-order valence-electron chi connectivity index (χ3n) is 6.64. The van der Waals surface area contributed by atoms with Crippen LogP contribution in [0.2, 0.25) is 0 Å². The van der Waals surface area contributed by atoms with Gasteiger partial charge in [0.1, 0.15) is 11.9 Å². The second kappa shape index (κ2) is 7.35. The number of hydrogen-bond donors (Lipinski definition) is 0. The van der Waals surface area contributed by atoms with Crippen LogP contribution in [0.1, 0.15) is 45.9 Å². The summed E-state index contributed by atoms with van der Waals surface area (Å²) in [5.41, 5.74) is 6.47. The third kappa shape index (κ3) is 2.80. The van der Waals surface area contributed by atoms with Crippen LogP contribution >= 0.6 is 0 Å². The molecule has 0 radical (unpaired) electrons. The number of fused-ring (bicyclic) bond motifs is 4. The van der Waals surface area contributed by atoms with Crippen LogP contribution in [-0.2, 0) is 40.3 Å². The van der Waals surface area contributed by atoms with E-state index in [0.717, 1.165) is 41.3 Å². The highest BCUT2D eigenvalue weighted by atomic mass is 19.1. The monoisotopic (exact) mass is 422 g/mol. The van der Waals surface area contributed by atoms with Crippen LogP contribution < -0.4 is 5.56 Å². The molecule has 0 saturated carbocycles. The zero-order valence-electron chi connectivity index (χ0n) is 17.8. The van der Waals surface area contributed by atoms with Gasteiger partial charge >= 0.3 is 0 Å². The number of hydrogen-bond acceptors (Lipinski definition) is 5. The highest BCUT2D eigenvalue weighted by Gasteiger charge is 2.31. The van der Waals surface area contributed by atoms with Gasteiger partial charge in [0.15, 0.2) is 6.29 Å². The highest BCUT2D eigenvalue weighted by molar-refractivity contribution is 5.92. The Morgan fingerprint density at radius 3 is 2.71 bits per heavy atom. The van der Waals surface area contributed by atoms with Crippen molar-refractivity contribution in [3.05, 3.63) is 61.7 Å². The summed E-state index contributed by atoms with van der Waals surface area (Å²) in [5, 5.41) is 1.03. The van der Waals surface area contributed by atoms with E-state index in [1.54, 1.807) is 10.6 Å². The normalized spacial score (nSPS) is 15.1. The lowest BCUT2D eigenvalue weighted by Crippen LogP contribution is -2.27. The number of halogens is 1. The number of carbonyl (C=O) groups is 1. The van der Waals surface area contributed by atoms with Gasteiger partial charge in [0.2, 0.25) is 0 Å². The first-order chi connectivity index (χ1) is 15.0. The predicted molar refractivity (Wildman–Crippen MR) is 114 cm³/mol. The van der Waals surface area contributed by atoms with Crippen molar-refractivity contribution in [3.63, 3.8) is 0 Å². The van der Waals surface area contributed by atoms with Gasteiger partial charge in [-0.1, -0.05) is 0 Å². The van der Waals surface area contributed by atoms with E-state index in [1.165, 1.54) is 20.3 Å². The van der Waals surface area contributed by atoms with Crippen LogP contribution in [0.3, 0.4) is 0 Å². The lowest BCUT2D eigenvalue weighted by molar-refractivity contribution is -0.116. The molecule has 0 spiro atoms. The van der Waals surface area contributed by atoms with Crippen molar-refractivity contribution in [1.82, 2.24) is 9.55 Å². The van der Waals surface area contributed by atoms with Crippen LogP contribution in [0, 0.1) is 12.7 Å². The van der Waals surface area contributed by atoms with E-state index in [-0.39, 0.29) is 18.0 Å². The lowest BCUT2D eigenvalue weighted by Gasteiger charge is -2.21. The van der Waals surface area contributed by atoms with E-state index in [1.807, 2.05) is 6.92 Å². The summed E-state index contributed by atoms with van der Waals surface area (Å²) in [5.74, 6) is -0.255. The molecule has 160 valence electrons. The molecule has 1 aliphatic carbocycles. The zero-order chi connectivity index (χ0) is 21.9. The molecule has 3 heterocycles. The summed E-state index contributed by atoms with van der Waals surface area (Å²) >= 11 is 0. The van der Waals surface area contributed by atoms with Crippen molar-refractivity contribution in [3.8, 4) is 11.4 Å². The van der Waals surface area contributed by atoms with Gasteiger partial charge in [0.25, 0.3) is 5.56 Å². The fraction of sp³-hybridized carbons (Fsp3) is 0.375. The molecule has 0 bridgehead atoms. The Morgan fingerprint density at radius 2 is 2.00 bits per heavy atom. The Kier molecular flexibility index (Phi) is 4.75. The molecule has 0 unspecified atom stereocenters. The molecule has 0 N–H and O–H groups in total. The minimum Gasteiger partial charge on any atom is -0.380 e. The molecule has 1 aliphatic heterocycles. The third-order valence-corrected chi connectivity index (χ3v) is 6.64. The van der Waals surface area contributed by atoms with Gasteiger partial charge < -0.3 is 18.8 Å². The predicted octanol–water partition coefficient (Wildman–Crippen LogP) is 3.39. The second-order valence-corrected chi connectivity index (χ2v) is 8.21. The van der Waals surface area contributed by atoms with Crippen LogP contribution in [0.15, 0.2) is 16.9 Å². The lowest BCUT2D eigenvalue weighted by atomic mass is 9.85. The molecule has 5 rings (SSSR count). The summed E-state index contributed by atoms with van der Waals surface area (Å²) < 4.78 is 26.8. The maximum Gasteiger partial charge on any atom is 0.257 e. The summed E-state index contributed by atoms with van der Waals surface area (Å²) in [4.78, 5) is 29.8. The van der Waals surface area contributed by atoms with Crippen molar-refractivity contribution in [2.75, 3.05) is 14.2 Å². The van der Waals surface area contributed by atoms with E-state index in [0.29, 0.717) is 46.4 Å². The van der Waals surface area contributed by atoms with Crippen molar-refractivity contribution >= 4 is 17.2 Å². The molecule has 0 saturated heterocycles. The largest absolute Gasteiger partial charge is 0.380 e. The van der Waals surface area contributed by atoms with Crippen LogP contribution in [-0.4, -0.2) is 30.1 Å². The highest BCUT2D eigenvalue weighted by Crippen LogP contribution is 2.41. The average Bonchev–Trinajstić information content (AvgIpc) is 3.14. The number of methoxy groups -OCH3 is 2. The molecule has 31 heavy (non-hydrogen) atoms. The molecule has 6 nitrogen and oxygen atoms in total. The summed E-state index contributed by atoms with van der Waals surface area (Å²) in [6.07, 6.45) is 2.43. The maximum atomic E-state index is 14.6. The van der Waals surface area contributed by atoms with Crippen molar-refractivity contribution in [1.29, 1.82) is 0 Å². The van der Waals surface area contributed by atoms with Gasteiger partial charge in [-0.05, 0) is 48.9 Å². The Hall–Kier alpha value is -2.90. The van der Waals surface area contributed by atoms with E-state index < -0.39 is 6.10 Å². The van der Waals surface area contributed by atoms with Crippen LogP contribution in [0.4, 0.5) is 4.39 Å². The molecule has 3 aromatic rings. The standard InChI is InChI=1S/C24H23FN2O4/c1-12-13-5-4-6-14-16-9-27-20(23(16)26-19(22(13)14)8-18(12)25)7-15(21(10-28)31-3)17(11-30-2)24(27)29/h7-8,10,21H,4-6,9,11H2,1-3H3/t21-/m1/s1. The van der Waals surface area contributed by atoms with Crippen molar-refractivity contribution in [2.45, 2.75) is 45.4 Å². The van der Waals surface area contributed by atoms with Gasteiger partial charge in [0.05, 0.1) is 30.1 Å². The van der Waals surface area contributed by atoms with Gasteiger partial charge in [-0.2, -0.15) is 0 Å². The van der Waals surface area contributed by atoms with Gasteiger partial charge in [-0.15, -0.1) is 0 Å². The summed E-state index contributed by atoms with van der Waals surface area (Å²) in [6.45, 7) is 2.31. The SMILES string of the molecule is COCc1c([C@@H](C=O)OC)cc2n(c1=O)Cc1c-2nc2cc(F)c(C)c3c2c1CCC3. The quantitative estimate of drug-likeness (QED) is 0.461. The number of rotatable bonds is 5. The molecule has 2 aliphatic rings. The molecular weight excluding hydrogens is 399 g/mol. The Bertz CT molecular complexity index is 1310. The van der Waals surface area contributed by atoms with E-state index in [4.69, 9.17) is 14.5 Å². The first-order valence-corrected chi connectivity index (χ1v) is 10.4. The Balaban J connectivity index is 1.83. The van der Waals surface area contributed by atoms with Crippen molar-refractivity contribution in [2.24, 2.45) is 0 Å². The number of aldehydes is 1. The molecule has 2 aromatic heterocycles. The van der Waals surface area contributed by atoms with Gasteiger partial charge in [-0.3, -0.25) is 4.79 Å². The van der Waals surface area contributed by atoms with Gasteiger partial charge in [-0.25, -0.2) is 9.37 Å². The second-order valence-electron chi connectivity index (χ2n) is 8.21. The Morgan fingerprint density at radius 1 is 1.23 bits per heavy atom. The summed E-state index contributed by atoms with van der Waals surface area (Å²) in [7, 11) is 2.94. The smallest absolute Gasteiger partial charge is 0.257 e. The summed E-state index contributed by atoms with van der Waals surface area (Å²) in [6, 6.07) is 3.29. The van der Waals surface area contributed by atoms with E-state index >= 15 is 0 Å². The number of nitrogens with zero attached hydrogens (tertiary/aromatic N) is 2. The van der Waals surface area contributed by atoms with Crippen LogP contribution in [0.5, 0.6) is 0 Å². The Labute approximate surface area is 178 Å². The minimum absolute atomic E-state index is 0.0787. The maximum absolute atomic E-state index is 14.6. The van der Waals surface area contributed by atoms with Crippen molar-refractivity contribution < 1.29 is 18.7 Å². The number of aryl methyl sites for hydroxylation is 2. The first-order valence-electron chi connectivity index (χ1n) is 10.4.